The number of carbonyl (C=O) groups is 3. The average Bonchev–Trinajstić information content (AvgIpc) is 2.91. The topological polar surface area (TPSA) is 77.9 Å². The summed E-state index contributed by atoms with van der Waals surface area (Å²) in [6.45, 7) is 3.47. The average molecular weight is 302 g/mol. The fourth-order valence-corrected chi connectivity index (χ4v) is 3.13. The first kappa shape index (κ1) is 16.8. The van der Waals surface area contributed by atoms with Gasteiger partial charge in [0.05, 0.1) is 5.88 Å². The maximum atomic E-state index is 12.3. The zero-order valence-corrected chi connectivity index (χ0v) is 13.0. The van der Waals surface area contributed by atoms with Crippen LogP contribution in [0.15, 0.2) is 0 Å². The molecule has 0 aromatic carbocycles. The molecule has 1 saturated heterocycles. The third kappa shape index (κ3) is 3.88. The molecule has 2 atom stereocenters. The number of hydrogen-bond donors (Lipinski definition) is 1. The third-order valence-electron chi connectivity index (χ3n) is 3.52. The maximum absolute atomic E-state index is 12.3. The van der Waals surface area contributed by atoms with Crippen molar-refractivity contribution in [1.82, 2.24) is 9.80 Å². The van der Waals surface area contributed by atoms with Gasteiger partial charge in [0.2, 0.25) is 11.8 Å². The molecule has 1 fully saturated rings. The number of amides is 2. The number of rotatable bonds is 6. The summed E-state index contributed by atoms with van der Waals surface area (Å²) in [4.78, 5) is 38.1. The van der Waals surface area contributed by atoms with Gasteiger partial charge in [-0.05, 0) is 13.3 Å². The van der Waals surface area contributed by atoms with Gasteiger partial charge in [-0.3, -0.25) is 9.59 Å². The minimum Gasteiger partial charge on any atom is -0.480 e. The Morgan fingerprint density at radius 3 is 2.65 bits per heavy atom. The van der Waals surface area contributed by atoms with E-state index in [1.165, 1.54) is 30.6 Å². The predicted octanol–water partition coefficient (Wildman–Crippen LogP) is 1.01. The van der Waals surface area contributed by atoms with Crippen LogP contribution < -0.4 is 0 Å². The molecule has 0 aliphatic carbocycles. The molecule has 1 rings (SSSR count). The number of aliphatic carboxylic acids is 1. The summed E-state index contributed by atoms with van der Waals surface area (Å²) >= 11 is 1.53. The van der Waals surface area contributed by atoms with Gasteiger partial charge in [-0.2, -0.15) is 0 Å². The van der Waals surface area contributed by atoms with Gasteiger partial charge in [0.25, 0.3) is 0 Å². The quantitative estimate of drug-likeness (QED) is 0.792. The Kier molecular flexibility index (Phi) is 6.32. The zero-order valence-electron chi connectivity index (χ0n) is 12.2. The number of carbonyl (C=O) groups excluding carboxylic acids is 2. The summed E-state index contributed by atoms with van der Waals surface area (Å²) in [6.07, 6.45) is 2.18. The summed E-state index contributed by atoms with van der Waals surface area (Å²) in [7, 11) is 1.47. The Bertz CT molecular complexity index is 389. The van der Waals surface area contributed by atoms with Crippen molar-refractivity contribution in [2.24, 2.45) is 0 Å². The summed E-state index contributed by atoms with van der Waals surface area (Å²) in [5.41, 5.74) is 0. The molecule has 1 N–H and O–H groups in total. The fraction of sp³-hybridized carbons (Fsp3) is 0.769. The van der Waals surface area contributed by atoms with Crippen molar-refractivity contribution in [2.75, 3.05) is 18.7 Å². The second-order valence-corrected chi connectivity index (χ2v) is 5.95. The fourth-order valence-electron chi connectivity index (χ4n) is 1.96. The van der Waals surface area contributed by atoms with Gasteiger partial charge in [-0.1, -0.05) is 13.3 Å². The number of carboxylic acids is 1. The first-order chi connectivity index (χ1) is 9.40. The van der Waals surface area contributed by atoms with Crippen LogP contribution in [-0.2, 0) is 14.4 Å². The lowest BCUT2D eigenvalue weighted by molar-refractivity contribution is -0.151. The molecule has 7 heteroatoms. The van der Waals surface area contributed by atoms with Crippen molar-refractivity contribution in [3.63, 3.8) is 0 Å². The van der Waals surface area contributed by atoms with E-state index in [1.54, 1.807) is 4.90 Å². The van der Waals surface area contributed by atoms with Crippen LogP contribution in [0.3, 0.4) is 0 Å². The highest BCUT2D eigenvalue weighted by atomic mass is 32.2. The Morgan fingerprint density at radius 2 is 2.10 bits per heavy atom. The van der Waals surface area contributed by atoms with Crippen LogP contribution in [-0.4, -0.2) is 63.5 Å². The van der Waals surface area contributed by atoms with E-state index in [0.717, 1.165) is 12.8 Å². The summed E-state index contributed by atoms with van der Waals surface area (Å²) in [5.74, 6) is -0.321. The lowest BCUT2D eigenvalue weighted by atomic mass is 10.2. The molecule has 0 saturated carbocycles. The molecule has 0 aromatic rings. The van der Waals surface area contributed by atoms with Gasteiger partial charge in [-0.15, -0.1) is 11.8 Å². The van der Waals surface area contributed by atoms with Crippen LogP contribution >= 0.6 is 11.8 Å². The van der Waals surface area contributed by atoms with Crippen LogP contribution in [0, 0.1) is 0 Å². The highest BCUT2D eigenvalue weighted by molar-refractivity contribution is 7.99. The van der Waals surface area contributed by atoms with E-state index in [9.17, 15) is 14.4 Å². The van der Waals surface area contributed by atoms with Gasteiger partial charge < -0.3 is 14.9 Å². The van der Waals surface area contributed by atoms with Crippen molar-refractivity contribution in [3.8, 4) is 0 Å². The molecule has 6 nitrogen and oxygen atoms in total. The molecule has 0 spiro atoms. The van der Waals surface area contributed by atoms with E-state index in [4.69, 9.17) is 5.11 Å². The van der Waals surface area contributed by atoms with Crippen molar-refractivity contribution in [1.29, 1.82) is 0 Å². The van der Waals surface area contributed by atoms with Crippen LogP contribution in [0.25, 0.3) is 0 Å². The molecule has 114 valence electrons. The largest absolute Gasteiger partial charge is 0.480 e. The summed E-state index contributed by atoms with van der Waals surface area (Å²) in [6, 6.07) is -1.42. The van der Waals surface area contributed by atoms with Crippen molar-refractivity contribution in [3.05, 3.63) is 0 Å². The molecule has 1 aliphatic rings. The molecule has 1 aliphatic heterocycles. The van der Waals surface area contributed by atoms with Gasteiger partial charge in [0.1, 0.15) is 12.1 Å². The SMILES string of the molecule is CCCCC(=O)N1CSCC1C(=O)N(C)C(C)C(=O)O. The molecule has 1 heterocycles. The Balaban J connectivity index is 2.71. The standard InChI is InChI=1S/C13H22N2O4S/c1-4-5-6-11(16)15-8-20-7-10(15)12(17)14(3)9(2)13(18)19/h9-10H,4-8H2,1-3H3,(H,18,19). The lowest BCUT2D eigenvalue weighted by Gasteiger charge is -2.29. The Hall–Kier alpha value is -1.24. The first-order valence-electron chi connectivity index (χ1n) is 6.76. The van der Waals surface area contributed by atoms with Crippen molar-refractivity contribution >= 4 is 29.5 Å². The van der Waals surface area contributed by atoms with E-state index < -0.39 is 18.1 Å². The van der Waals surface area contributed by atoms with Gasteiger partial charge in [0.15, 0.2) is 0 Å². The molecule has 2 amide bonds. The molecule has 0 radical (unpaired) electrons. The molecule has 0 aromatic heterocycles. The van der Waals surface area contributed by atoms with Crippen LogP contribution in [0.5, 0.6) is 0 Å². The Labute approximate surface area is 123 Å². The minimum atomic E-state index is -1.05. The van der Waals surface area contributed by atoms with Crippen molar-refractivity contribution in [2.45, 2.75) is 45.2 Å². The normalized spacial score (nSPS) is 19.8. The lowest BCUT2D eigenvalue weighted by Crippen LogP contribution is -2.51. The second-order valence-electron chi connectivity index (χ2n) is 4.95. The summed E-state index contributed by atoms with van der Waals surface area (Å²) < 4.78 is 0. The van der Waals surface area contributed by atoms with Crippen LogP contribution in [0.2, 0.25) is 0 Å². The van der Waals surface area contributed by atoms with E-state index in [2.05, 4.69) is 0 Å². The molecular formula is C13H22N2O4S. The molecule has 20 heavy (non-hydrogen) atoms. The highest BCUT2D eigenvalue weighted by Gasteiger charge is 2.37. The zero-order chi connectivity index (χ0) is 15.3. The Morgan fingerprint density at radius 1 is 1.45 bits per heavy atom. The molecular weight excluding hydrogens is 280 g/mol. The minimum absolute atomic E-state index is 0.0217. The number of unbranched alkanes of at least 4 members (excludes halogenated alkanes) is 1. The third-order valence-corrected chi connectivity index (χ3v) is 4.53. The van der Waals surface area contributed by atoms with Gasteiger partial charge >= 0.3 is 5.97 Å². The van der Waals surface area contributed by atoms with Crippen molar-refractivity contribution < 1.29 is 19.5 Å². The van der Waals surface area contributed by atoms with E-state index in [-0.39, 0.29) is 11.8 Å². The highest BCUT2D eigenvalue weighted by Crippen LogP contribution is 2.24. The first-order valence-corrected chi connectivity index (χ1v) is 7.92. The monoisotopic (exact) mass is 302 g/mol. The predicted molar refractivity (Wildman–Crippen MR) is 77.4 cm³/mol. The van der Waals surface area contributed by atoms with Crippen LogP contribution in [0.4, 0.5) is 0 Å². The van der Waals surface area contributed by atoms with E-state index in [1.807, 2.05) is 6.92 Å². The van der Waals surface area contributed by atoms with E-state index >= 15 is 0 Å². The maximum Gasteiger partial charge on any atom is 0.326 e. The number of likely N-dealkylation sites (N-methyl/N-ethyl adjacent to an activating group) is 1. The summed E-state index contributed by atoms with van der Waals surface area (Å²) in [5, 5.41) is 8.96. The number of nitrogens with zero attached hydrogens (tertiary/aromatic N) is 2. The molecule has 0 bridgehead atoms. The van der Waals surface area contributed by atoms with E-state index in [0.29, 0.717) is 18.1 Å². The van der Waals surface area contributed by atoms with Gasteiger partial charge in [-0.25, -0.2) is 4.79 Å². The van der Waals surface area contributed by atoms with Crippen LogP contribution in [0.1, 0.15) is 33.1 Å². The molecule has 2 unspecified atom stereocenters. The second kappa shape index (κ2) is 7.52. The number of thioether (sulfide) groups is 1. The van der Waals surface area contributed by atoms with Gasteiger partial charge in [0, 0.05) is 19.2 Å². The smallest absolute Gasteiger partial charge is 0.326 e. The number of hydrogen-bond acceptors (Lipinski definition) is 4. The number of carboxylic acid groups (broad SMARTS) is 1.